The summed E-state index contributed by atoms with van der Waals surface area (Å²) in [5.41, 5.74) is 0.793. The zero-order chi connectivity index (χ0) is 20.1. The molecule has 1 saturated heterocycles. The van der Waals surface area contributed by atoms with Gasteiger partial charge in [0.25, 0.3) is 11.5 Å². The average molecular weight is 378 g/mol. The standard InChI is InChI=1S/C21H35N3O3/c1-15(2)8-10-23-11-9-16(3)19(20(23)26)21(27)24-12-17(14-25)6-7-18(13-24)22(4)5/h9,11,15,17-18,25H,6-8,10,12-14H2,1-5H3/t17-,18+/m0/s1. The summed E-state index contributed by atoms with van der Waals surface area (Å²) in [6.07, 6.45) is 4.51. The van der Waals surface area contributed by atoms with E-state index in [0.717, 1.165) is 24.8 Å². The van der Waals surface area contributed by atoms with Crippen molar-refractivity contribution in [2.75, 3.05) is 33.8 Å². The number of amides is 1. The third kappa shape index (κ3) is 5.42. The molecule has 1 amide bonds. The molecule has 1 aliphatic heterocycles. The summed E-state index contributed by atoms with van der Waals surface area (Å²) in [7, 11) is 4.03. The summed E-state index contributed by atoms with van der Waals surface area (Å²) in [6.45, 7) is 7.85. The molecule has 0 aliphatic carbocycles. The molecular weight excluding hydrogens is 342 g/mol. The maximum atomic E-state index is 13.3. The first-order chi connectivity index (χ1) is 12.7. The Morgan fingerprint density at radius 3 is 2.59 bits per heavy atom. The van der Waals surface area contributed by atoms with Crippen molar-refractivity contribution in [3.8, 4) is 0 Å². The predicted octanol–water partition coefficient (Wildman–Crippen LogP) is 1.98. The van der Waals surface area contributed by atoms with Crippen LogP contribution >= 0.6 is 0 Å². The van der Waals surface area contributed by atoms with Gasteiger partial charge in [-0.3, -0.25) is 9.59 Å². The van der Waals surface area contributed by atoms with Crippen LogP contribution < -0.4 is 5.56 Å². The molecular formula is C21H35N3O3. The molecule has 0 radical (unpaired) electrons. The van der Waals surface area contributed by atoms with E-state index < -0.39 is 0 Å². The van der Waals surface area contributed by atoms with E-state index in [1.54, 1.807) is 15.7 Å². The number of likely N-dealkylation sites (N-methyl/N-ethyl adjacent to an activating group) is 1. The van der Waals surface area contributed by atoms with Crippen LogP contribution in [0.1, 0.15) is 49.0 Å². The molecule has 152 valence electrons. The van der Waals surface area contributed by atoms with Crippen molar-refractivity contribution in [1.29, 1.82) is 0 Å². The zero-order valence-corrected chi connectivity index (χ0v) is 17.4. The SMILES string of the molecule is Cc1ccn(CCC(C)C)c(=O)c1C(=O)N1C[C@@H](CO)CC[C@@H](N(C)C)C1. The maximum absolute atomic E-state index is 13.3. The van der Waals surface area contributed by atoms with Crippen molar-refractivity contribution in [1.82, 2.24) is 14.4 Å². The van der Waals surface area contributed by atoms with Gasteiger partial charge < -0.3 is 19.5 Å². The van der Waals surface area contributed by atoms with E-state index >= 15 is 0 Å². The van der Waals surface area contributed by atoms with Crippen molar-refractivity contribution < 1.29 is 9.90 Å². The second-order valence-electron chi connectivity index (χ2n) is 8.51. The second kappa shape index (κ2) is 9.51. The molecule has 0 saturated carbocycles. The number of likely N-dealkylation sites (tertiary alicyclic amines) is 1. The minimum Gasteiger partial charge on any atom is -0.396 e. The number of carbonyl (C=O) groups is 1. The summed E-state index contributed by atoms with van der Waals surface area (Å²) in [5, 5.41) is 9.67. The number of carbonyl (C=O) groups excluding carboxylic acids is 1. The van der Waals surface area contributed by atoms with Crippen LogP contribution in [0.25, 0.3) is 0 Å². The van der Waals surface area contributed by atoms with Crippen LogP contribution in [-0.4, -0.2) is 65.2 Å². The summed E-state index contributed by atoms with van der Waals surface area (Å²) in [6, 6.07) is 2.09. The van der Waals surface area contributed by atoms with Crippen molar-refractivity contribution in [3.05, 3.63) is 33.7 Å². The molecule has 27 heavy (non-hydrogen) atoms. The van der Waals surface area contributed by atoms with Gasteiger partial charge in [-0.05, 0) is 63.7 Å². The highest BCUT2D eigenvalue weighted by atomic mass is 16.3. The van der Waals surface area contributed by atoms with Crippen molar-refractivity contribution >= 4 is 5.91 Å². The van der Waals surface area contributed by atoms with Crippen molar-refractivity contribution in [2.24, 2.45) is 11.8 Å². The van der Waals surface area contributed by atoms with Crippen LogP contribution in [0.3, 0.4) is 0 Å². The van der Waals surface area contributed by atoms with E-state index in [1.165, 1.54) is 0 Å². The fourth-order valence-electron chi connectivity index (χ4n) is 3.64. The van der Waals surface area contributed by atoms with Crippen LogP contribution in [0.2, 0.25) is 0 Å². The van der Waals surface area contributed by atoms with Crippen molar-refractivity contribution in [2.45, 2.75) is 52.6 Å². The molecule has 1 fully saturated rings. The van der Waals surface area contributed by atoms with Gasteiger partial charge in [0, 0.05) is 38.5 Å². The molecule has 6 heteroatoms. The van der Waals surface area contributed by atoms with Crippen LogP contribution in [0.15, 0.2) is 17.1 Å². The van der Waals surface area contributed by atoms with E-state index in [4.69, 9.17) is 0 Å². The predicted molar refractivity (Wildman–Crippen MR) is 108 cm³/mol. The van der Waals surface area contributed by atoms with Crippen LogP contribution in [-0.2, 0) is 6.54 Å². The van der Waals surface area contributed by atoms with E-state index in [1.807, 2.05) is 27.1 Å². The number of hydrogen-bond donors (Lipinski definition) is 1. The fourth-order valence-corrected chi connectivity index (χ4v) is 3.64. The molecule has 1 aromatic heterocycles. The lowest BCUT2D eigenvalue weighted by molar-refractivity contribution is 0.0686. The molecule has 1 N–H and O–H groups in total. The van der Waals surface area contributed by atoms with Crippen molar-refractivity contribution in [3.63, 3.8) is 0 Å². The number of hydrogen-bond acceptors (Lipinski definition) is 4. The van der Waals surface area contributed by atoms with Crippen LogP contribution in [0, 0.1) is 18.8 Å². The molecule has 6 nitrogen and oxygen atoms in total. The zero-order valence-electron chi connectivity index (χ0n) is 17.4. The molecule has 1 aliphatic rings. The summed E-state index contributed by atoms with van der Waals surface area (Å²) in [5.74, 6) is 0.351. The number of aryl methyl sites for hydroxylation is 2. The monoisotopic (exact) mass is 377 g/mol. The lowest BCUT2D eigenvalue weighted by Crippen LogP contribution is -2.45. The molecule has 2 atom stereocenters. The van der Waals surface area contributed by atoms with Crippen LogP contribution in [0.5, 0.6) is 0 Å². The Morgan fingerprint density at radius 1 is 1.30 bits per heavy atom. The van der Waals surface area contributed by atoms with Crippen LogP contribution in [0.4, 0.5) is 0 Å². The van der Waals surface area contributed by atoms with Gasteiger partial charge in [-0.25, -0.2) is 0 Å². The Labute approximate surface area is 162 Å². The minimum absolute atomic E-state index is 0.0612. The second-order valence-corrected chi connectivity index (χ2v) is 8.51. The Hall–Kier alpha value is -1.66. The van der Waals surface area contributed by atoms with E-state index in [9.17, 15) is 14.7 Å². The summed E-state index contributed by atoms with van der Waals surface area (Å²) >= 11 is 0. The van der Waals surface area contributed by atoms with Gasteiger partial charge in [-0.15, -0.1) is 0 Å². The highest BCUT2D eigenvalue weighted by Gasteiger charge is 2.30. The first-order valence-electron chi connectivity index (χ1n) is 10.0. The first kappa shape index (κ1) is 21.6. The molecule has 0 spiro atoms. The van der Waals surface area contributed by atoms with E-state index in [0.29, 0.717) is 25.6 Å². The number of pyridine rings is 1. The largest absolute Gasteiger partial charge is 0.396 e. The Bertz CT molecular complexity index is 696. The van der Waals surface area contributed by atoms with Gasteiger partial charge in [0.05, 0.1) is 0 Å². The number of aromatic nitrogens is 1. The van der Waals surface area contributed by atoms with Gasteiger partial charge in [0.1, 0.15) is 5.56 Å². The van der Waals surface area contributed by atoms with Gasteiger partial charge in [0.2, 0.25) is 0 Å². The topological polar surface area (TPSA) is 65.8 Å². The molecule has 2 rings (SSSR count). The third-order valence-electron chi connectivity index (χ3n) is 5.63. The number of rotatable bonds is 6. The number of aliphatic hydroxyl groups is 1. The molecule has 0 unspecified atom stereocenters. The minimum atomic E-state index is -0.205. The Morgan fingerprint density at radius 2 is 2.00 bits per heavy atom. The average Bonchev–Trinajstić information content (AvgIpc) is 2.83. The fraction of sp³-hybridized carbons (Fsp3) is 0.714. The molecule has 1 aromatic rings. The van der Waals surface area contributed by atoms with E-state index in [2.05, 4.69) is 18.7 Å². The van der Waals surface area contributed by atoms with Gasteiger partial charge >= 0.3 is 0 Å². The van der Waals surface area contributed by atoms with E-state index in [-0.39, 0.29) is 35.6 Å². The number of nitrogens with zero attached hydrogens (tertiary/aromatic N) is 3. The smallest absolute Gasteiger partial charge is 0.263 e. The lowest BCUT2D eigenvalue weighted by atomic mass is 10.0. The maximum Gasteiger partial charge on any atom is 0.263 e. The highest BCUT2D eigenvalue weighted by molar-refractivity contribution is 5.95. The molecule has 0 bridgehead atoms. The van der Waals surface area contributed by atoms with Gasteiger partial charge in [-0.2, -0.15) is 0 Å². The normalized spacial score (nSPS) is 21.0. The Kier molecular flexibility index (Phi) is 7.62. The summed E-state index contributed by atoms with van der Waals surface area (Å²) < 4.78 is 1.66. The van der Waals surface area contributed by atoms with Gasteiger partial charge in [0.15, 0.2) is 0 Å². The lowest BCUT2D eigenvalue weighted by Gasteiger charge is -2.29. The third-order valence-corrected chi connectivity index (χ3v) is 5.63. The quantitative estimate of drug-likeness (QED) is 0.823. The summed E-state index contributed by atoms with van der Waals surface area (Å²) in [4.78, 5) is 30.2. The first-order valence-corrected chi connectivity index (χ1v) is 10.0. The Balaban J connectivity index is 2.33. The highest BCUT2D eigenvalue weighted by Crippen LogP contribution is 2.21. The number of aliphatic hydroxyl groups excluding tert-OH is 1. The molecule has 0 aromatic carbocycles. The molecule has 2 heterocycles. The van der Waals surface area contributed by atoms with Gasteiger partial charge in [-0.1, -0.05) is 13.8 Å².